The maximum atomic E-state index is 13.7. The lowest BCUT2D eigenvalue weighted by Gasteiger charge is -2.28. The first-order valence-electron chi connectivity index (χ1n) is 17.6. The SMILES string of the molecule is C[C@H](O[PH](=O)OCC(Cc1ccccc1)NC(=O)[C@H](CCCCNC(=O)OCc1ccccc1)NC(=O)C1CCC1)C(=O)N1CCC[C@H]1C(=O)O. The van der Waals surface area contributed by atoms with Crippen molar-refractivity contribution in [2.75, 3.05) is 19.7 Å². The topological polar surface area (TPSA) is 190 Å². The molecule has 0 spiro atoms. The van der Waals surface area contributed by atoms with Crippen molar-refractivity contribution in [2.45, 2.75) is 95.5 Å². The van der Waals surface area contributed by atoms with Gasteiger partial charge in [-0.15, -0.1) is 0 Å². The third kappa shape index (κ3) is 13.1. The van der Waals surface area contributed by atoms with Crippen LogP contribution < -0.4 is 16.0 Å². The second kappa shape index (κ2) is 20.6. The predicted octanol–water partition coefficient (Wildman–Crippen LogP) is 3.98. The van der Waals surface area contributed by atoms with E-state index in [4.69, 9.17) is 13.8 Å². The number of aliphatic carboxylic acids is 1. The van der Waals surface area contributed by atoms with Gasteiger partial charge in [0.1, 0.15) is 24.8 Å². The number of unbranched alkanes of at least 4 members (excludes halogenated alkanes) is 1. The summed E-state index contributed by atoms with van der Waals surface area (Å²) in [5.74, 6) is -2.43. The number of hydrogen-bond donors (Lipinski definition) is 4. The highest BCUT2D eigenvalue weighted by Crippen LogP contribution is 2.29. The molecule has 2 fully saturated rings. The van der Waals surface area contributed by atoms with E-state index in [-0.39, 0.29) is 31.6 Å². The van der Waals surface area contributed by atoms with Crippen molar-refractivity contribution in [2.24, 2.45) is 5.92 Å². The zero-order valence-electron chi connectivity index (χ0n) is 28.9. The predicted molar refractivity (Wildman–Crippen MR) is 188 cm³/mol. The fourth-order valence-corrected chi connectivity index (χ4v) is 6.73. The van der Waals surface area contributed by atoms with Crippen LogP contribution in [-0.2, 0) is 50.6 Å². The first-order valence-corrected chi connectivity index (χ1v) is 18.8. The van der Waals surface area contributed by atoms with E-state index in [1.165, 1.54) is 11.8 Å². The van der Waals surface area contributed by atoms with Gasteiger partial charge in [-0.25, -0.2) is 9.59 Å². The molecular weight excluding hydrogens is 679 g/mol. The van der Waals surface area contributed by atoms with Crippen molar-refractivity contribution in [3.05, 3.63) is 71.8 Å². The molecule has 0 aromatic heterocycles. The van der Waals surface area contributed by atoms with Gasteiger partial charge in [-0.3, -0.25) is 23.5 Å². The molecule has 2 aromatic rings. The molecule has 2 aromatic carbocycles. The summed E-state index contributed by atoms with van der Waals surface area (Å²) in [5.41, 5.74) is 1.75. The number of alkyl carbamates (subject to hydrolysis) is 1. The van der Waals surface area contributed by atoms with Crippen LogP contribution in [0.4, 0.5) is 4.79 Å². The van der Waals surface area contributed by atoms with Gasteiger partial charge in [-0.2, -0.15) is 0 Å². The molecule has 15 heteroatoms. The van der Waals surface area contributed by atoms with E-state index in [2.05, 4.69) is 16.0 Å². The van der Waals surface area contributed by atoms with Crippen LogP contribution in [0.3, 0.4) is 0 Å². The number of benzene rings is 2. The Labute approximate surface area is 298 Å². The van der Waals surface area contributed by atoms with Crippen LogP contribution in [0.15, 0.2) is 60.7 Å². The molecule has 4 rings (SSSR count). The Kier molecular flexibility index (Phi) is 15.9. The minimum Gasteiger partial charge on any atom is -0.480 e. The van der Waals surface area contributed by atoms with Gasteiger partial charge in [-0.05, 0) is 69.4 Å². The summed E-state index contributed by atoms with van der Waals surface area (Å²) < 4.78 is 29.0. The van der Waals surface area contributed by atoms with Gasteiger partial charge in [0.15, 0.2) is 0 Å². The molecule has 0 radical (unpaired) electrons. The quantitative estimate of drug-likeness (QED) is 0.115. The number of carbonyl (C=O) groups is 5. The summed E-state index contributed by atoms with van der Waals surface area (Å²) in [5, 5.41) is 18.0. The molecule has 4 N–H and O–H groups in total. The van der Waals surface area contributed by atoms with Gasteiger partial charge in [-0.1, -0.05) is 67.1 Å². The minimum atomic E-state index is -3.22. The normalized spacial score (nSPS) is 18.1. The third-order valence-electron chi connectivity index (χ3n) is 9.03. The van der Waals surface area contributed by atoms with E-state index >= 15 is 0 Å². The van der Waals surface area contributed by atoms with Crippen molar-refractivity contribution >= 4 is 38.0 Å². The second-order valence-electron chi connectivity index (χ2n) is 12.9. The minimum absolute atomic E-state index is 0.136. The molecule has 4 amide bonds. The summed E-state index contributed by atoms with van der Waals surface area (Å²) in [4.78, 5) is 64.3. The Bertz CT molecular complexity index is 1480. The highest BCUT2D eigenvalue weighted by Gasteiger charge is 2.37. The van der Waals surface area contributed by atoms with Crippen molar-refractivity contribution < 1.29 is 47.4 Å². The molecule has 51 heavy (non-hydrogen) atoms. The molecule has 1 aliphatic heterocycles. The number of carboxylic acid groups (broad SMARTS) is 1. The van der Waals surface area contributed by atoms with E-state index < -0.39 is 56.4 Å². The monoisotopic (exact) mass is 728 g/mol. The maximum Gasteiger partial charge on any atom is 0.407 e. The Balaban J connectivity index is 1.30. The summed E-state index contributed by atoms with van der Waals surface area (Å²) in [6, 6.07) is 16.2. The smallest absolute Gasteiger partial charge is 0.407 e. The Hall–Kier alpha value is -4.26. The van der Waals surface area contributed by atoms with E-state index in [1.807, 2.05) is 60.7 Å². The van der Waals surface area contributed by atoms with Gasteiger partial charge in [0.05, 0.1) is 12.6 Å². The fraction of sp³-hybridized carbons (Fsp3) is 0.528. The standard InChI is InChI=1S/C36H49N4O10P/c1-25(34(43)40-21-11-19-31(40)35(44)45)50-51(47)49-24-29(22-26-12-4-2-5-13-26)38-33(42)30(39-32(41)28-16-10-17-28)18-8-9-20-37-36(46)48-23-27-14-6-3-7-15-27/h2-7,12-15,25,28-31,51H,8-11,16-24H2,1H3,(H,37,46)(H,38,42)(H,39,41)(H,44,45)/t25-,29?,30-,31-/m0/s1. The lowest BCUT2D eigenvalue weighted by molar-refractivity contribution is -0.151. The number of likely N-dealkylation sites (tertiary alicyclic amines) is 1. The number of hydrogen-bond acceptors (Lipinski definition) is 9. The van der Waals surface area contributed by atoms with Gasteiger partial charge in [0.25, 0.3) is 5.91 Å². The van der Waals surface area contributed by atoms with Crippen molar-refractivity contribution in [1.82, 2.24) is 20.9 Å². The molecule has 2 unspecified atom stereocenters. The average Bonchev–Trinajstić information content (AvgIpc) is 3.59. The van der Waals surface area contributed by atoms with E-state index in [1.54, 1.807) is 0 Å². The van der Waals surface area contributed by atoms with Crippen molar-refractivity contribution in [3.8, 4) is 0 Å². The molecule has 1 saturated carbocycles. The second-order valence-corrected chi connectivity index (χ2v) is 13.9. The number of nitrogens with zero attached hydrogens (tertiary/aromatic N) is 1. The number of carbonyl (C=O) groups excluding carboxylic acids is 4. The molecule has 0 bridgehead atoms. The molecule has 1 saturated heterocycles. The molecule has 278 valence electrons. The maximum absolute atomic E-state index is 13.7. The number of carboxylic acids is 1. The largest absolute Gasteiger partial charge is 0.480 e. The molecule has 5 atom stereocenters. The lowest BCUT2D eigenvalue weighted by Crippen LogP contribution is -2.52. The van der Waals surface area contributed by atoms with Gasteiger partial charge in [0.2, 0.25) is 11.8 Å². The fourth-order valence-electron chi connectivity index (χ4n) is 5.94. The zero-order valence-corrected chi connectivity index (χ0v) is 29.9. The van der Waals surface area contributed by atoms with Crippen LogP contribution in [0.1, 0.15) is 69.4 Å². The summed E-state index contributed by atoms with van der Waals surface area (Å²) in [7, 11) is -3.22. The van der Waals surface area contributed by atoms with Gasteiger partial charge in [0, 0.05) is 19.0 Å². The van der Waals surface area contributed by atoms with Crippen molar-refractivity contribution in [1.29, 1.82) is 0 Å². The average molecular weight is 729 g/mol. The van der Waals surface area contributed by atoms with Crippen LogP contribution in [0.5, 0.6) is 0 Å². The van der Waals surface area contributed by atoms with Crippen LogP contribution in [0.25, 0.3) is 0 Å². The van der Waals surface area contributed by atoms with Gasteiger partial charge < -0.3 is 35.2 Å². The number of nitrogens with one attached hydrogen (secondary N) is 3. The number of ether oxygens (including phenoxy) is 1. The molecule has 2 aliphatic rings. The van der Waals surface area contributed by atoms with Gasteiger partial charge >= 0.3 is 20.3 Å². The molecule has 1 heterocycles. The summed E-state index contributed by atoms with van der Waals surface area (Å²) >= 11 is 0. The highest BCUT2D eigenvalue weighted by molar-refractivity contribution is 7.33. The summed E-state index contributed by atoms with van der Waals surface area (Å²) in [6.45, 7) is 1.94. The first-order chi connectivity index (χ1) is 24.6. The third-order valence-corrected chi connectivity index (χ3v) is 9.97. The Morgan fingerprint density at radius 1 is 0.922 bits per heavy atom. The number of amides is 4. The van der Waals surface area contributed by atoms with Crippen LogP contribution in [-0.4, -0.2) is 83.7 Å². The van der Waals surface area contributed by atoms with Crippen LogP contribution >= 0.6 is 8.25 Å². The van der Waals surface area contributed by atoms with E-state index in [9.17, 15) is 33.6 Å². The molecule has 14 nitrogen and oxygen atoms in total. The molecule has 1 aliphatic carbocycles. The molecular formula is C36H49N4O10P. The summed E-state index contributed by atoms with van der Waals surface area (Å²) in [6.07, 6.45) is 3.35. The van der Waals surface area contributed by atoms with Crippen LogP contribution in [0.2, 0.25) is 0 Å². The highest BCUT2D eigenvalue weighted by atomic mass is 31.1. The number of rotatable bonds is 20. The first kappa shape index (κ1) is 39.5. The zero-order chi connectivity index (χ0) is 36.6. The lowest BCUT2D eigenvalue weighted by atomic mass is 9.84. The van der Waals surface area contributed by atoms with Crippen molar-refractivity contribution in [3.63, 3.8) is 0 Å². The Morgan fingerprint density at radius 3 is 2.25 bits per heavy atom. The van der Waals surface area contributed by atoms with E-state index in [0.717, 1.165) is 30.4 Å². The van der Waals surface area contributed by atoms with E-state index in [0.29, 0.717) is 45.1 Å². The Morgan fingerprint density at radius 2 is 1.61 bits per heavy atom. The van der Waals surface area contributed by atoms with Crippen LogP contribution in [0, 0.1) is 5.92 Å².